The Morgan fingerprint density at radius 2 is 2.05 bits per heavy atom. The molecule has 0 radical (unpaired) electrons. The molecule has 0 bridgehead atoms. The van der Waals surface area contributed by atoms with Crippen LogP contribution in [0.25, 0.3) is 6.08 Å². The van der Waals surface area contributed by atoms with Gasteiger partial charge in [-0.3, -0.25) is 9.59 Å². The normalized spacial score (nSPS) is 22.1. The minimum Gasteiger partial charge on any atom is -0.481 e. The fraction of sp³-hybridized carbons (Fsp3) is 0.375. The Morgan fingerprint density at radius 1 is 1.29 bits per heavy atom. The molecule has 0 saturated heterocycles. The molecule has 2 rings (SSSR count). The maximum atomic E-state index is 11.9. The van der Waals surface area contributed by atoms with Crippen LogP contribution in [0, 0.1) is 5.92 Å². The van der Waals surface area contributed by atoms with Crippen molar-refractivity contribution in [3.63, 3.8) is 0 Å². The highest BCUT2D eigenvalue weighted by Crippen LogP contribution is 2.24. The van der Waals surface area contributed by atoms with E-state index in [0.717, 1.165) is 18.4 Å². The number of halogens is 1. The van der Waals surface area contributed by atoms with Gasteiger partial charge in [-0.1, -0.05) is 36.6 Å². The van der Waals surface area contributed by atoms with Crippen LogP contribution in [0.3, 0.4) is 0 Å². The molecule has 1 aromatic rings. The minimum absolute atomic E-state index is 0.270. The average molecular weight is 308 g/mol. The number of aliphatic carboxylic acids is 1. The molecular weight excluding hydrogens is 290 g/mol. The summed E-state index contributed by atoms with van der Waals surface area (Å²) in [6, 6.07) is 6.88. The van der Waals surface area contributed by atoms with Crippen LogP contribution in [-0.2, 0) is 9.59 Å². The molecule has 2 N–H and O–H groups in total. The molecule has 0 heterocycles. The molecule has 1 saturated carbocycles. The van der Waals surface area contributed by atoms with Crippen molar-refractivity contribution in [2.24, 2.45) is 5.92 Å². The van der Waals surface area contributed by atoms with E-state index in [1.165, 1.54) is 6.08 Å². The third-order valence-corrected chi connectivity index (χ3v) is 3.92. The van der Waals surface area contributed by atoms with E-state index in [4.69, 9.17) is 11.6 Å². The quantitative estimate of drug-likeness (QED) is 0.840. The van der Waals surface area contributed by atoms with E-state index in [1.54, 1.807) is 18.2 Å². The summed E-state index contributed by atoms with van der Waals surface area (Å²) in [6.45, 7) is 0. The van der Waals surface area contributed by atoms with Crippen molar-refractivity contribution in [2.75, 3.05) is 0 Å². The van der Waals surface area contributed by atoms with Crippen molar-refractivity contribution in [3.8, 4) is 0 Å². The summed E-state index contributed by atoms with van der Waals surface area (Å²) in [6.07, 6.45) is 6.28. The Balaban J connectivity index is 1.95. The molecule has 1 amide bonds. The number of amides is 1. The van der Waals surface area contributed by atoms with Gasteiger partial charge in [-0.05, 0) is 36.6 Å². The van der Waals surface area contributed by atoms with Gasteiger partial charge in [0.15, 0.2) is 0 Å². The van der Waals surface area contributed by atoms with Crippen molar-refractivity contribution in [1.82, 2.24) is 5.32 Å². The van der Waals surface area contributed by atoms with E-state index < -0.39 is 11.9 Å². The fourth-order valence-electron chi connectivity index (χ4n) is 2.61. The van der Waals surface area contributed by atoms with Gasteiger partial charge in [-0.25, -0.2) is 0 Å². The SMILES string of the molecule is O=C(C=Cc1cccc(Cl)c1)NC1CCCCC1C(=O)O. The van der Waals surface area contributed by atoms with E-state index in [2.05, 4.69) is 5.32 Å². The summed E-state index contributed by atoms with van der Waals surface area (Å²) < 4.78 is 0. The highest BCUT2D eigenvalue weighted by Gasteiger charge is 2.31. The van der Waals surface area contributed by atoms with Crippen LogP contribution >= 0.6 is 11.6 Å². The zero-order valence-corrected chi connectivity index (χ0v) is 12.3. The summed E-state index contributed by atoms with van der Waals surface area (Å²) in [4.78, 5) is 23.1. The molecule has 5 heteroatoms. The number of carboxylic acids is 1. The number of hydrogen-bond donors (Lipinski definition) is 2. The summed E-state index contributed by atoms with van der Waals surface area (Å²) >= 11 is 5.87. The average Bonchev–Trinajstić information content (AvgIpc) is 2.45. The van der Waals surface area contributed by atoms with Crippen LogP contribution in [0.4, 0.5) is 0 Å². The van der Waals surface area contributed by atoms with Crippen molar-refractivity contribution in [3.05, 3.63) is 40.9 Å². The third kappa shape index (κ3) is 4.60. The number of rotatable bonds is 4. The van der Waals surface area contributed by atoms with Crippen molar-refractivity contribution >= 4 is 29.6 Å². The van der Waals surface area contributed by atoms with Gasteiger partial charge in [0.2, 0.25) is 5.91 Å². The molecule has 0 aromatic heterocycles. The van der Waals surface area contributed by atoms with Crippen LogP contribution in [0.5, 0.6) is 0 Å². The maximum Gasteiger partial charge on any atom is 0.308 e. The molecule has 1 aliphatic carbocycles. The Bertz CT molecular complexity index is 556. The first kappa shape index (κ1) is 15.6. The first-order valence-corrected chi connectivity index (χ1v) is 7.41. The molecular formula is C16H18ClNO3. The minimum atomic E-state index is -0.834. The van der Waals surface area contributed by atoms with Gasteiger partial charge < -0.3 is 10.4 Å². The second kappa shape index (κ2) is 7.27. The van der Waals surface area contributed by atoms with Gasteiger partial charge in [0.05, 0.1) is 5.92 Å². The highest BCUT2D eigenvalue weighted by atomic mass is 35.5. The van der Waals surface area contributed by atoms with Crippen LogP contribution in [0.15, 0.2) is 30.3 Å². The molecule has 0 spiro atoms. The number of benzene rings is 1. The molecule has 4 nitrogen and oxygen atoms in total. The van der Waals surface area contributed by atoms with Gasteiger partial charge in [0.1, 0.15) is 0 Å². The highest BCUT2D eigenvalue weighted by molar-refractivity contribution is 6.30. The Labute approximate surface area is 128 Å². The second-order valence-corrected chi connectivity index (χ2v) is 5.67. The fourth-order valence-corrected chi connectivity index (χ4v) is 2.81. The van der Waals surface area contributed by atoms with E-state index in [0.29, 0.717) is 17.9 Å². The lowest BCUT2D eigenvalue weighted by atomic mass is 9.84. The Hall–Kier alpha value is -1.81. The largest absolute Gasteiger partial charge is 0.481 e. The zero-order chi connectivity index (χ0) is 15.2. The second-order valence-electron chi connectivity index (χ2n) is 5.23. The van der Waals surface area contributed by atoms with E-state index in [9.17, 15) is 14.7 Å². The number of carbonyl (C=O) groups excluding carboxylic acids is 1. The first-order chi connectivity index (χ1) is 10.1. The summed E-state index contributed by atoms with van der Waals surface area (Å²) in [5.41, 5.74) is 0.830. The summed E-state index contributed by atoms with van der Waals surface area (Å²) in [5, 5.41) is 12.6. The summed E-state index contributed by atoms with van der Waals surface area (Å²) in [5.74, 6) is -1.59. The Morgan fingerprint density at radius 3 is 2.76 bits per heavy atom. The topological polar surface area (TPSA) is 66.4 Å². The molecule has 1 fully saturated rings. The lowest BCUT2D eigenvalue weighted by molar-refractivity contribution is -0.144. The monoisotopic (exact) mass is 307 g/mol. The molecule has 2 unspecified atom stereocenters. The lowest BCUT2D eigenvalue weighted by Crippen LogP contribution is -2.44. The standard InChI is InChI=1S/C16H18ClNO3/c17-12-5-3-4-11(10-12)8-9-15(19)18-14-7-2-1-6-13(14)16(20)21/h3-5,8-10,13-14H,1-2,6-7H2,(H,18,19)(H,20,21). The van der Waals surface area contributed by atoms with Crippen molar-refractivity contribution in [1.29, 1.82) is 0 Å². The molecule has 21 heavy (non-hydrogen) atoms. The smallest absolute Gasteiger partial charge is 0.308 e. The number of carbonyl (C=O) groups is 2. The number of carboxylic acid groups (broad SMARTS) is 1. The zero-order valence-electron chi connectivity index (χ0n) is 11.6. The molecule has 112 valence electrons. The predicted octanol–water partition coefficient (Wildman–Crippen LogP) is 3.11. The van der Waals surface area contributed by atoms with Crippen LogP contribution in [-0.4, -0.2) is 23.0 Å². The van der Waals surface area contributed by atoms with Crippen molar-refractivity contribution in [2.45, 2.75) is 31.7 Å². The van der Waals surface area contributed by atoms with Gasteiger partial charge in [-0.15, -0.1) is 0 Å². The maximum absolute atomic E-state index is 11.9. The van der Waals surface area contributed by atoms with Crippen LogP contribution in [0.2, 0.25) is 5.02 Å². The number of nitrogens with one attached hydrogen (secondary N) is 1. The molecule has 0 aliphatic heterocycles. The third-order valence-electron chi connectivity index (χ3n) is 3.69. The molecule has 2 atom stereocenters. The van der Waals surface area contributed by atoms with Crippen molar-refractivity contribution < 1.29 is 14.7 Å². The van der Waals surface area contributed by atoms with E-state index >= 15 is 0 Å². The summed E-state index contributed by atoms with van der Waals surface area (Å²) in [7, 11) is 0. The van der Waals surface area contributed by atoms with Gasteiger partial charge in [-0.2, -0.15) is 0 Å². The van der Waals surface area contributed by atoms with Gasteiger partial charge in [0, 0.05) is 17.1 Å². The van der Waals surface area contributed by atoms with E-state index in [-0.39, 0.29) is 11.9 Å². The van der Waals surface area contributed by atoms with Gasteiger partial charge in [0.25, 0.3) is 0 Å². The molecule has 1 aliphatic rings. The molecule has 1 aromatic carbocycles. The van der Waals surface area contributed by atoms with Crippen LogP contribution < -0.4 is 5.32 Å². The van der Waals surface area contributed by atoms with E-state index in [1.807, 2.05) is 12.1 Å². The van der Waals surface area contributed by atoms with Crippen LogP contribution in [0.1, 0.15) is 31.2 Å². The Kier molecular flexibility index (Phi) is 5.39. The van der Waals surface area contributed by atoms with Gasteiger partial charge >= 0.3 is 5.97 Å². The predicted molar refractivity (Wildman–Crippen MR) is 82.0 cm³/mol. The number of hydrogen-bond acceptors (Lipinski definition) is 2. The first-order valence-electron chi connectivity index (χ1n) is 7.03. The lowest BCUT2D eigenvalue weighted by Gasteiger charge is -2.28.